The molecule has 0 fully saturated rings. The predicted molar refractivity (Wildman–Crippen MR) is 229 cm³/mol. The minimum Gasteiger partial charge on any atom is -0.394 e. The van der Waals surface area contributed by atoms with Crippen molar-refractivity contribution in [3.8, 4) is 0 Å². The molecular weight excluding hydrogens is 953 g/mol. The van der Waals surface area contributed by atoms with Gasteiger partial charge in [0.15, 0.2) is 0 Å². The molecule has 0 unspecified atom stereocenters. The van der Waals surface area contributed by atoms with E-state index in [2.05, 4.69) is 59.9 Å². The van der Waals surface area contributed by atoms with Crippen LogP contribution in [0, 0.1) is 0 Å². The first-order valence-electron chi connectivity index (χ1n) is 18.4. The fourth-order valence-electron chi connectivity index (χ4n) is 5.60. The molecule has 2 aromatic heterocycles. The average Bonchev–Trinajstić information content (AvgIpc) is 3.23. The maximum Gasteiger partial charge on any atom is 0.295 e. The van der Waals surface area contributed by atoms with E-state index in [-0.39, 0.29) is 93.9 Å². The van der Waals surface area contributed by atoms with Crippen LogP contribution in [0.3, 0.4) is 0 Å². The van der Waals surface area contributed by atoms with Gasteiger partial charge in [-0.25, -0.2) is 20.0 Å². The molecule has 0 radical (unpaired) electrons. The number of aromatic amines is 6. The van der Waals surface area contributed by atoms with Crippen LogP contribution in [0.4, 0.5) is 22.7 Å². The Morgan fingerprint density at radius 3 is 1.03 bits per heavy atom. The van der Waals surface area contributed by atoms with E-state index in [0.29, 0.717) is 0 Å². The molecule has 0 bridgehead atoms. The maximum atomic E-state index is 12.6. The molecule has 6 aromatic rings. The van der Waals surface area contributed by atoms with E-state index in [9.17, 15) is 62.1 Å². The van der Waals surface area contributed by atoms with Crippen LogP contribution in [0.1, 0.15) is 11.1 Å². The Morgan fingerprint density at radius 2 is 0.727 bits per heavy atom. The normalized spacial score (nSPS) is 14.5. The smallest absolute Gasteiger partial charge is 0.295 e. The molecule has 0 aliphatic rings. The van der Waals surface area contributed by atoms with E-state index in [1.165, 1.54) is 48.5 Å². The molecule has 4 aromatic carbocycles. The number of aliphatic hydroxyl groups is 2. The fourth-order valence-corrected chi connectivity index (χ4v) is 8.04. The molecule has 0 saturated carbocycles. The minimum absolute atomic E-state index is 0.00793. The molecule has 2 heterocycles. The Bertz CT molecular complexity index is 3530. The Morgan fingerprint density at radius 1 is 0.409 bits per heavy atom. The maximum absolute atomic E-state index is 12.6. The van der Waals surface area contributed by atoms with E-state index < -0.39 is 60.1 Å². The van der Waals surface area contributed by atoms with Crippen LogP contribution in [-0.2, 0) is 40.5 Å². The third kappa shape index (κ3) is 13.3. The summed E-state index contributed by atoms with van der Waals surface area (Å²) in [7, 11) is -19.1. The van der Waals surface area contributed by atoms with Crippen molar-refractivity contribution in [1.82, 2.24) is 29.9 Å². The van der Waals surface area contributed by atoms with Gasteiger partial charge in [-0.2, -0.15) is 33.7 Å². The lowest BCUT2D eigenvalue weighted by Gasteiger charge is -2.07. The van der Waals surface area contributed by atoms with Gasteiger partial charge in [-0.05, 0) is 71.8 Å². The van der Waals surface area contributed by atoms with Gasteiger partial charge in [0.25, 0.3) is 40.5 Å². The summed E-state index contributed by atoms with van der Waals surface area (Å²) in [5, 5.41) is 18.6. The van der Waals surface area contributed by atoms with Crippen LogP contribution >= 0.6 is 0 Å². The summed E-state index contributed by atoms with van der Waals surface area (Å²) in [6, 6.07) is 17.0. The fraction of sp³-hybridized carbons (Fsp3) is 0.111. The third-order valence-electron chi connectivity index (χ3n) is 8.35. The molecule has 0 aliphatic carbocycles. The zero-order chi connectivity index (χ0) is 47.9. The number of nitrogens with zero attached hydrogens (tertiary/aromatic N) is 6. The second-order valence-electron chi connectivity index (χ2n) is 13.2. The zero-order valence-corrected chi connectivity index (χ0v) is 36.6. The quantitative estimate of drug-likeness (QED) is 0.0485. The van der Waals surface area contributed by atoms with E-state index in [4.69, 9.17) is 0 Å². The van der Waals surface area contributed by atoms with Crippen LogP contribution in [-0.4, -0.2) is 118 Å². The SMILES string of the molecule is O=S(=O)(O)c1cccc(N=c2[nH]c(=NCCO)[nH]c(=Nc3ccc(/C=C/c4ccc(N=c5[nH]c(=NCCO)[nH]c(=Nc6cccc(S(=O)(=O)O)c6)[nH]5)cc4S(=O)(=O)O)c(S(=O)(=O)O)c3)[nH]2)c1. The van der Waals surface area contributed by atoms with Crippen LogP contribution in [0.15, 0.2) is 134 Å². The van der Waals surface area contributed by atoms with Crippen molar-refractivity contribution in [2.45, 2.75) is 19.6 Å². The van der Waals surface area contributed by atoms with Crippen molar-refractivity contribution in [2.24, 2.45) is 30.0 Å². The van der Waals surface area contributed by atoms with Crippen molar-refractivity contribution in [2.75, 3.05) is 26.3 Å². The first-order chi connectivity index (χ1) is 31.1. The number of hydrogen-bond donors (Lipinski definition) is 12. The second kappa shape index (κ2) is 20.0. The van der Waals surface area contributed by atoms with Gasteiger partial charge in [-0.1, -0.05) is 36.4 Å². The zero-order valence-electron chi connectivity index (χ0n) is 33.3. The highest BCUT2D eigenvalue weighted by Gasteiger charge is 2.18. The van der Waals surface area contributed by atoms with E-state index in [1.54, 1.807) is 0 Å². The van der Waals surface area contributed by atoms with Gasteiger partial charge in [0, 0.05) is 0 Å². The summed E-state index contributed by atoms with van der Waals surface area (Å²) >= 11 is 0. The summed E-state index contributed by atoms with van der Waals surface area (Å²) < 4.78 is 136. The number of hydrogen-bond acceptors (Lipinski definition) is 16. The van der Waals surface area contributed by atoms with Crippen molar-refractivity contribution in [3.05, 3.63) is 130 Å². The summed E-state index contributed by atoms with van der Waals surface area (Å²) in [4.78, 5) is 39.7. The molecule has 30 heteroatoms. The van der Waals surface area contributed by atoms with Crippen molar-refractivity contribution >= 4 is 75.4 Å². The summed E-state index contributed by atoms with van der Waals surface area (Å²) in [5.74, 6) is 0. The highest BCUT2D eigenvalue weighted by atomic mass is 32.2. The van der Waals surface area contributed by atoms with Crippen LogP contribution < -0.4 is 33.7 Å². The number of benzene rings is 4. The Labute approximate surface area is 371 Å². The molecular formula is C36H36N12O14S4. The number of aromatic nitrogens is 6. The molecule has 66 heavy (non-hydrogen) atoms. The van der Waals surface area contributed by atoms with Gasteiger partial charge in [0.1, 0.15) is 9.79 Å². The third-order valence-corrected chi connectivity index (χ3v) is 11.9. The molecule has 348 valence electrons. The van der Waals surface area contributed by atoms with Gasteiger partial charge >= 0.3 is 0 Å². The molecule has 0 amide bonds. The lowest BCUT2D eigenvalue weighted by Crippen LogP contribution is -2.37. The van der Waals surface area contributed by atoms with Crippen LogP contribution in [0.25, 0.3) is 12.2 Å². The van der Waals surface area contributed by atoms with Crippen molar-refractivity contribution < 1.29 is 62.1 Å². The average molecular weight is 989 g/mol. The highest BCUT2D eigenvalue weighted by molar-refractivity contribution is 7.86. The second-order valence-corrected chi connectivity index (χ2v) is 18.8. The van der Waals surface area contributed by atoms with Gasteiger partial charge in [-0.15, -0.1) is 0 Å². The highest BCUT2D eigenvalue weighted by Crippen LogP contribution is 2.27. The van der Waals surface area contributed by atoms with E-state index in [0.717, 1.165) is 48.6 Å². The first-order valence-corrected chi connectivity index (χ1v) is 24.2. The lowest BCUT2D eigenvalue weighted by atomic mass is 10.1. The lowest BCUT2D eigenvalue weighted by molar-refractivity contribution is 0.305. The Balaban J connectivity index is 1.40. The van der Waals surface area contributed by atoms with Gasteiger partial charge < -0.3 is 10.2 Å². The van der Waals surface area contributed by atoms with Gasteiger partial charge in [0.2, 0.25) is 33.7 Å². The standard InChI is InChI=1S/C36H36N12O14S4/c49-15-13-37-31-43-33(39-23-3-1-5-27(17-23)63(51,52)53)47-35(45-31)41-25-11-9-21(29(19-25)65(57,58)59)7-8-22-10-12-26(20-30(22)66(60,61)62)42-36-46-32(38-14-16-50)44-34(48-36)40-24-4-2-6-28(18-24)64(54,55)56/h1-12,17-20,49-50H,13-16H2,(H,51,52,53)(H,54,55,56)(H,57,58,59)(H,60,61,62)(H3,37,39,41,43,45,47)(H3,38,40,42,44,46,48)/b8-7+. The van der Waals surface area contributed by atoms with Gasteiger partial charge in [-0.3, -0.25) is 58.1 Å². The van der Waals surface area contributed by atoms with Gasteiger partial charge in [0.05, 0.1) is 58.8 Å². The predicted octanol–water partition coefficient (Wildman–Crippen LogP) is -0.472. The molecule has 0 spiro atoms. The number of H-pyrrole nitrogens is 6. The molecule has 6 rings (SSSR count). The number of rotatable bonds is 14. The monoisotopic (exact) mass is 988 g/mol. The Kier molecular flexibility index (Phi) is 14.7. The Hall–Kier alpha value is -7.00. The molecule has 0 aliphatic heterocycles. The summed E-state index contributed by atoms with van der Waals surface area (Å²) in [6.45, 7) is -0.846. The minimum atomic E-state index is -4.99. The first kappa shape index (κ1) is 48.5. The number of aliphatic hydroxyl groups excluding tert-OH is 2. The van der Waals surface area contributed by atoms with E-state index >= 15 is 0 Å². The topological polar surface area (TPSA) is 427 Å². The van der Waals surface area contributed by atoms with Crippen molar-refractivity contribution in [3.63, 3.8) is 0 Å². The van der Waals surface area contributed by atoms with E-state index in [1.807, 2.05) is 0 Å². The van der Waals surface area contributed by atoms with Crippen LogP contribution in [0.5, 0.6) is 0 Å². The molecule has 0 atom stereocenters. The van der Waals surface area contributed by atoms with Crippen molar-refractivity contribution in [1.29, 1.82) is 0 Å². The molecule has 0 saturated heterocycles. The molecule has 26 nitrogen and oxygen atoms in total. The molecule has 12 N–H and O–H groups in total. The number of nitrogens with one attached hydrogen (secondary N) is 6. The largest absolute Gasteiger partial charge is 0.394 e. The summed E-state index contributed by atoms with van der Waals surface area (Å²) in [5.41, 5.74) is -0.679. The summed E-state index contributed by atoms with van der Waals surface area (Å²) in [6.07, 6.45) is 2.28. The van der Waals surface area contributed by atoms with Crippen LogP contribution in [0.2, 0.25) is 0 Å².